The van der Waals surface area contributed by atoms with Crippen LogP contribution in [0.4, 0.5) is 22.7 Å². The summed E-state index contributed by atoms with van der Waals surface area (Å²) >= 11 is 0. The van der Waals surface area contributed by atoms with E-state index in [1.807, 2.05) is 60.7 Å². The molecule has 0 radical (unpaired) electrons. The Labute approximate surface area is 566 Å². The van der Waals surface area contributed by atoms with Gasteiger partial charge >= 0.3 is 23.9 Å². The molecule has 498 valence electrons. The van der Waals surface area contributed by atoms with Gasteiger partial charge in [-0.3, -0.25) is 19.2 Å². The number of hydrogen-bond acceptors (Lipinski definition) is 16. The summed E-state index contributed by atoms with van der Waals surface area (Å²) in [6.07, 6.45) is 0. The summed E-state index contributed by atoms with van der Waals surface area (Å²) in [7, 11) is 0. The van der Waals surface area contributed by atoms with Crippen LogP contribution in [0.5, 0.6) is 23.0 Å². The Morgan fingerprint density at radius 3 is 0.786 bits per heavy atom. The molecule has 10 rings (SSSR count). The molecule has 98 heavy (non-hydrogen) atoms. The quantitative estimate of drug-likeness (QED) is 0.0487. The van der Waals surface area contributed by atoms with E-state index >= 15 is 0 Å². The van der Waals surface area contributed by atoms with E-state index in [-0.39, 0.29) is 90.8 Å². The van der Waals surface area contributed by atoms with Crippen LogP contribution in [0.3, 0.4) is 0 Å². The van der Waals surface area contributed by atoms with E-state index in [2.05, 4.69) is 31.2 Å². The second-order valence-corrected chi connectivity index (χ2v) is 26.7. The predicted octanol–water partition coefficient (Wildman–Crippen LogP) is 16.9. The molecule has 4 N–H and O–H groups in total. The number of amides is 4. The molecule has 0 aliphatic heterocycles. The van der Waals surface area contributed by atoms with Crippen molar-refractivity contribution in [2.24, 2.45) is 0 Å². The predicted molar refractivity (Wildman–Crippen MR) is 374 cm³/mol. The van der Waals surface area contributed by atoms with Crippen molar-refractivity contribution in [1.29, 1.82) is 0 Å². The van der Waals surface area contributed by atoms with E-state index in [0.717, 1.165) is 10.8 Å². The molecule has 0 unspecified atom stereocenters. The third-order valence-electron chi connectivity index (χ3n) is 14.2. The highest BCUT2D eigenvalue weighted by molar-refractivity contribution is 6.14. The van der Waals surface area contributed by atoms with E-state index < -0.39 is 69.9 Å². The van der Waals surface area contributed by atoms with E-state index in [1.165, 1.54) is 72.8 Å². The fourth-order valence-corrected chi connectivity index (χ4v) is 10.2. The summed E-state index contributed by atoms with van der Waals surface area (Å²) in [5.41, 5.74) is -3.47. The zero-order chi connectivity index (χ0) is 70.4. The lowest BCUT2D eigenvalue weighted by atomic mass is 9.92. The molecule has 20 nitrogen and oxygen atoms in total. The summed E-state index contributed by atoms with van der Waals surface area (Å²) < 4.78 is 36.7. The zero-order valence-electron chi connectivity index (χ0n) is 56.1. The smallest absolute Gasteiger partial charge is 0.340 e. The molecule has 10 aromatic rings. The van der Waals surface area contributed by atoms with Crippen molar-refractivity contribution in [3.63, 3.8) is 0 Å². The Balaban J connectivity index is 1.11. The molecule has 2 heterocycles. The highest BCUT2D eigenvalue weighted by atomic mass is 16.6. The average molecular weight is 1320 g/mol. The fourth-order valence-electron chi connectivity index (χ4n) is 10.2. The van der Waals surface area contributed by atoms with Crippen LogP contribution in [0.25, 0.3) is 32.7 Å². The van der Waals surface area contributed by atoms with Gasteiger partial charge in [0.2, 0.25) is 0 Å². The summed E-state index contributed by atoms with van der Waals surface area (Å²) in [5, 5.41) is 13.9. The van der Waals surface area contributed by atoms with E-state index in [9.17, 15) is 38.4 Å². The van der Waals surface area contributed by atoms with Crippen LogP contribution in [-0.4, -0.2) is 79.9 Å². The van der Waals surface area contributed by atoms with Gasteiger partial charge in [0.1, 0.15) is 68.2 Å². The molecule has 0 aliphatic carbocycles. The molecule has 0 aliphatic rings. The lowest BCUT2D eigenvalue weighted by Crippen LogP contribution is -2.25. The average Bonchev–Trinajstić information content (AvgIpc) is 0.748. The molecule has 4 amide bonds. The number of fused-ring (bicyclic) bond motifs is 2. The molecule has 0 saturated heterocycles. The number of rotatable bonds is 17. The third kappa shape index (κ3) is 17.1. The standard InChI is InChI=1S/C78H72N6O14/c1-75(2,3)95-71(89)51-29-17-21-33-55(51)81-67(85)59-41-47(42-60(79-59)68(86)82-56-34-22-18-30-52(56)72(90)96-76(4,5)6)93-63-39-37-45-25-13-15-27-49(45)65(63)66-50-28-16-14-26-46(50)38-40-64(66)94-48-43-61(69(87)83-57-35-23-19-31-53(57)73(91)97-77(7,8)9)80-62(44-48)70(88)84-58-36-24-20-32-54(58)74(92)98-78(10,11)12/h13-44H,1-12H3,(H,81,85)(H,82,86)(H,83,87)(H,84,88). The van der Waals surface area contributed by atoms with Gasteiger partial charge in [-0.05, 0) is 165 Å². The zero-order valence-corrected chi connectivity index (χ0v) is 56.1. The number of carbonyl (C=O) groups is 8. The van der Waals surface area contributed by atoms with Crippen LogP contribution < -0.4 is 30.7 Å². The molecule has 0 fully saturated rings. The largest absolute Gasteiger partial charge is 0.457 e. The first-order valence-corrected chi connectivity index (χ1v) is 31.3. The van der Waals surface area contributed by atoms with Crippen molar-refractivity contribution in [3.8, 4) is 34.1 Å². The molecule has 0 atom stereocenters. The summed E-state index contributed by atoms with van der Waals surface area (Å²) in [4.78, 5) is 122. The number of anilines is 4. The van der Waals surface area contributed by atoms with Crippen molar-refractivity contribution in [2.75, 3.05) is 21.3 Å². The van der Waals surface area contributed by atoms with Gasteiger partial charge in [-0.2, -0.15) is 0 Å². The summed E-state index contributed by atoms with van der Waals surface area (Å²) in [6.45, 7) is 20.6. The van der Waals surface area contributed by atoms with Gasteiger partial charge in [-0.25, -0.2) is 29.1 Å². The maximum absolute atomic E-state index is 14.7. The number of hydrogen-bond donors (Lipinski definition) is 4. The molecule has 0 bridgehead atoms. The van der Waals surface area contributed by atoms with Gasteiger partial charge in [-0.15, -0.1) is 0 Å². The summed E-state index contributed by atoms with van der Waals surface area (Å²) in [6, 6.07) is 52.3. The van der Waals surface area contributed by atoms with Crippen LogP contribution in [0.15, 0.2) is 194 Å². The lowest BCUT2D eigenvalue weighted by Gasteiger charge is -2.21. The second kappa shape index (κ2) is 28.1. The van der Waals surface area contributed by atoms with Crippen LogP contribution in [0, 0.1) is 0 Å². The minimum absolute atomic E-state index is 0.0432. The number of nitrogens with zero attached hydrogens (tertiary/aromatic N) is 2. The van der Waals surface area contributed by atoms with Crippen molar-refractivity contribution >= 4 is 91.8 Å². The number of benzene rings is 8. The molecule has 2 aromatic heterocycles. The van der Waals surface area contributed by atoms with Crippen LogP contribution in [-0.2, 0) is 18.9 Å². The number of nitrogens with one attached hydrogen (secondary N) is 4. The number of esters is 4. The first-order valence-electron chi connectivity index (χ1n) is 31.3. The topological polar surface area (TPSA) is 266 Å². The Morgan fingerprint density at radius 1 is 0.296 bits per heavy atom. The maximum Gasteiger partial charge on any atom is 0.340 e. The Hall–Kier alpha value is -12.1. The Bertz CT molecular complexity index is 4310. The van der Waals surface area contributed by atoms with Crippen molar-refractivity contribution in [2.45, 2.75) is 105 Å². The number of carbonyl (C=O) groups excluding carboxylic acids is 8. The van der Waals surface area contributed by atoms with Crippen molar-refractivity contribution in [3.05, 3.63) is 239 Å². The minimum atomic E-state index is -0.879. The first-order chi connectivity index (χ1) is 46.3. The van der Waals surface area contributed by atoms with Crippen molar-refractivity contribution < 1.29 is 66.8 Å². The summed E-state index contributed by atoms with van der Waals surface area (Å²) in [5.74, 6) is -6.04. The van der Waals surface area contributed by atoms with Gasteiger partial charge in [0.05, 0.1) is 45.0 Å². The number of para-hydroxylation sites is 4. The van der Waals surface area contributed by atoms with Gasteiger partial charge < -0.3 is 49.7 Å². The minimum Gasteiger partial charge on any atom is -0.457 e. The highest BCUT2D eigenvalue weighted by Gasteiger charge is 2.30. The van der Waals surface area contributed by atoms with Crippen molar-refractivity contribution in [1.82, 2.24) is 9.97 Å². The molecule has 0 spiro atoms. The number of pyridine rings is 2. The van der Waals surface area contributed by atoms with E-state index in [4.69, 9.17) is 28.4 Å². The lowest BCUT2D eigenvalue weighted by molar-refractivity contribution is 0.00580. The van der Waals surface area contributed by atoms with E-state index in [0.29, 0.717) is 21.9 Å². The normalized spacial score (nSPS) is 11.6. The third-order valence-corrected chi connectivity index (χ3v) is 14.2. The second-order valence-electron chi connectivity index (χ2n) is 26.7. The van der Waals surface area contributed by atoms with Crippen LogP contribution >= 0.6 is 0 Å². The monoisotopic (exact) mass is 1320 g/mol. The SMILES string of the molecule is CC(C)(C)OC(=O)c1ccccc1NC(=O)c1cc(Oc2ccc3ccccc3c2-c2c(Oc3cc(C(=O)Nc4ccccc4C(=O)OC(C)(C)C)nc(C(=O)Nc4ccccc4C(=O)OC(C)(C)C)c3)ccc3ccccc23)cc(C(=O)Nc2ccccc2C(=O)OC(C)(C)C)n1. The Kier molecular flexibility index (Phi) is 19.7. The maximum atomic E-state index is 14.7. The van der Waals surface area contributed by atoms with Gasteiger partial charge in [-0.1, -0.05) is 109 Å². The number of ether oxygens (including phenoxy) is 6. The molecule has 0 saturated carbocycles. The highest BCUT2D eigenvalue weighted by Crippen LogP contribution is 2.48. The fraction of sp³-hybridized carbons (Fsp3) is 0.205. The molecular weight excluding hydrogens is 1240 g/mol. The van der Waals surface area contributed by atoms with E-state index in [1.54, 1.807) is 144 Å². The Morgan fingerprint density at radius 2 is 0.531 bits per heavy atom. The number of aromatic nitrogens is 2. The molecule has 20 heteroatoms. The van der Waals surface area contributed by atoms with Crippen LogP contribution in [0.1, 0.15) is 166 Å². The van der Waals surface area contributed by atoms with Gasteiger partial charge in [0.25, 0.3) is 23.6 Å². The van der Waals surface area contributed by atoms with Gasteiger partial charge in [0.15, 0.2) is 0 Å². The first kappa shape index (κ1) is 68.8. The van der Waals surface area contributed by atoms with Crippen LogP contribution in [0.2, 0.25) is 0 Å². The molecule has 8 aromatic carbocycles. The molecular formula is C78H72N6O14. The van der Waals surface area contributed by atoms with Gasteiger partial charge in [0, 0.05) is 35.4 Å².